The van der Waals surface area contributed by atoms with Gasteiger partial charge in [-0.25, -0.2) is 0 Å². The van der Waals surface area contributed by atoms with Crippen LogP contribution in [0.4, 0.5) is 0 Å². The summed E-state index contributed by atoms with van der Waals surface area (Å²) in [6.07, 6.45) is -69.9. The number of aliphatic hydroxyl groups is 19. The van der Waals surface area contributed by atoms with Crippen molar-refractivity contribution in [3.63, 3.8) is 0 Å². The second-order valence-corrected chi connectivity index (χ2v) is 23.2. The molecule has 0 aromatic heterocycles. The number of hydrogen-bond acceptors (Lipinski definition) is 36. The average Bonchev–Trinajstić information content (AvgIpc) is 1.01. The minimum Gasteiger partial charge on any atom is -0.394 e. The van der Waals surface area contributed by atoms with Crippen LogP contribution in [0.25, 0.3) is 0 Å². The second kappa shape index (κ2) is 30.2. The van der Waals surface area contributed by atoms with E-state index in [1.54, 1.807) is 0 Å². The lowest BCUT2D eigenvalue weighted by molar-refractivity contribution is -0.407. The third-order valence-electron chi connectivity index (χ3n) is 17.1. The Hall–Kier alpha value is -1.93. The minimum absolute atomic E-state index is 0.835. The summed E-state index contributed by atoms with van der Waals surface area (Å²) in [7, 11) is 1.18. The smallest absolute Gasteiger partial charge is 0.217 e. The molecule has 0 bridgehead atoms. The van der Waals surface area contributed by atoms with E-state index < -0.39 is 271 Å². The second-order valence-electron chi connectivity index (χ2n) is 23.2. The van der Waals surface area contributed by atoms with Gasteiger partial charge in [0.1, 0.15) is 165 Å². The van der Waals surface area contributed by atoms with E-state index in [9.17, 15) is 102 Å². The van der Waals surface area contributed by atoms with Crippen molar-refractivity contribution in [2.24, 2.45) is 0 Å². The molecule has 0 aliphatic carbocycles. The molecule has 8 saturated heterocycles. The SMILES string of the molecule is CO[C@@H]1O[C@@H](C)[C@H](O[C@H]2O[C@H](CO)[C@@H](O)[C@H](O)[C@H]2O)[C@@H](O[C@@H]2O[C@@H](C)[C@H](O)[C@@H](O)[C@H]2O[C@@H]2O[C@@H](C)[C@H](O)[C@@H](O)[C@H]2O[C@@H]2O[C@H](CO)[C@@H](O)[C@H](O[C@@H]3O[C@@H](C)[C@H](O[C@H]4O[C@H](CO)[C@@H](O)[C@H](O)[C@H]4O)[C@@H](O[C@@H]4O[C@@H](C)[C@H](O)[C@@H](O)[C@H]4O)[C@H]3O)[C@H]2NC(C)=O)[C@H]1O. The van der Waals surface area contributed by atoms with Gasteiger partial charge in [0.15, 0.2) is 50.3 Å². The Morgan fingerprint density at radius 3 is 1.03 bits per heavy atom. The van der Waals surface area contributed by atoms with Crippen molar-refractivity contribution < 1.29 is 178 Å². The molecular formula is C51H87NO36. The molecule has 20 N–H and O–H groups in total. The van der Waals surface area contributed by atoms with Crippen LogP contribution in [0.1, 0.15) is 41.5 Å². The van der Waals surface area contributed by atoms with E-state index in [4.69, 9.17) is 75.8 Å². The number of aliphatic hydroxyl groups excluding tert-OH is 19. The summed E-state index contributed by atoms with van der Waals surface area (Å²) < 4.78 is 95.3. The van der Waals surface area contributed by atoms with Crippen molar-refractivity contribution in [2.75, 3.05) is 26.9 Å². The van der Waals surface area contributed by atoms with Crippen LogP contribution in [-0.2, 0) is 80.6 Å². The van der Waals surface area contributed by atoms with Gasteiger partial charge in [-0.05, 0) is 34.6 Å². The Balaban J connectivity index is 1.08. The molecule has 8 aliphatic heterocycles. The Morgan fingerprint density at radius 1 is 0.307 bits per heavy atom. The van der Waals surface area contributed by atoms with Gasteiger partial charge in [-0.15, -0.1) is 0 Å². The third-order valence-corrected chi connectivity index (χ3v) is 17.1. The van der Waals surface area contributed by atoms with Crippen molar-refractivity contribution >= 4 is 5.91 Å². The highest BCUT2D eigenvalue weighted by atomic mass is 16.8. The number of carbonyl (C=O) groups excluding carboxylic acids is 1. The van der Waals surface area contributed by atoms with Gasteiger partial charge in [0.2, 0.25) is 5.91 Å². The van der Waals surface area contributed by atoms with Crippen molar-refractivity contribution in [2.45, 2.75) is 287 Å². The van der Waals surface area contributed by atoms with E-state index in [-0.39, 0.29) is 0 Å². The molecule has 0 aromatic rings. The zero-order valence-corrected chi connectivity index (χ0v) is 48.7. The lowest BCUT2D eigenvalue weighted by Crippen LogP contribution is -2.70. The summed E-state index contributed by atoms with van der Waals surface area (Å²) in [6, 6.07) is -1.83. The lowest BCUT2D eigenvalue weighted by Gasteiger charge is -2.51. The molecule has 1 amide bonds. The van der Waals surface area contributed by atoms with Gasteiger partial charge in [-0.1, -0.05) is 0 Å². The van der Waals surface area contributed by atoms with Crippen LogP contribution in [0.5, 0.6) is 0 Å². The molecule has 8 fully saturated rings. The zero-order valence-electron chi connectivity index (χ0n) is 48.7. The van der Waals surface area contributed by atoms with Crippen LogP contribution in [0.2, 0.25) is 0 Å². The molecule has 0 saturated carbocycles. The van der Waals surface area contributed by atoms with Crippen LogP contribution < -0.4 is 5.32 Å². The fourth-order valence-corrected chi connectivity index (χ4v) is 11.8. The average molecular weight is 1290 g/mol. The molecule has 40 atom stereocenters. The lowest BCUT2D eigenvalue weighted by atomic mass is 9.94. The molecule has 0 spiro atoms. The topological polar surface area (TPSA) is 561 Å². The zero-order chi connectivity index (χ0) is 64.8. The number of rotatable bonds is 19. The maximum Gasteiger partial charge on any atom is 0.217 e. The monoisotopic (exact) mass is 1290 g/mol. The number of hydrogen-bond donors (Lipinski definition) is 20. The molecule has 37 nitrogen and oxygen atoms in total. The number of nitrogens with one attached hydrogen (secondary N) is 1. The summed E-state index contributed by atoms with van der Waals surface area (Å²) in [5.74, 6) is -0.877. The molecule has 8 rings (SSSR count). The van der Waals surface area contributed by atoms with E-state index in [0.29, 0.717) is 0 Å². The highest BCUT2D eigenvalue weighted by Crippen LogP contribution is 2.40. The molecule has 0 aromatic carbocycles. The first-order valence-corrected chi connectivity index (χ1v) is 28.8. The van der Waals surface area contributed by atoms with Gasteiger partial charge in [-0.3, -0.25) is 4.79 Å². The number of amides is 1. The Morgan fingerprint density at radius 2 is 0.602 bits per heavy atom. The number of carbonyl (C=O) groups is 1. The Bertz CT molecular complexity index is 2180. The van der Waals surface area contributed by atoms with Crippen LogP contribution >= 0.6 is 0 Å². The summed E-state index contributed by atoms with van der Waals surface area (Å²) in [5.41, 5.74) is 0. The van der Waals surface area contributed by atoms with Crippen molar-refractivity contribution in [1.29, 1.82) is 0 Å². The fraction of sp³-hybridized carbons (Fsp3) is 0.980. The van der Waals surface area contributed by atoms with E-state index in [2.05, 4.69) is 5.32 Å². The predicted octanol–water partition coefficient (Wildman–Crippen LogP) is -12.5. The predicted molar refractivity (Wildman–Crippen MR) is 274 cm³/mol. The van der Waals surface area contributed by atoms with Crippen LogP contribution in [0.15, 0.2) is 0 Å². The first kappa shape index (κ1) is 71.9. The van der Waals surface area contributed by atoms with Gasteiger partial charge < -0.3 is 178 Å². The van der Waals surface area contributed by atoms with E-state index in [1.807, 2.05) is 0 Å². The van der Waals surface area contributed by atoms with Gasteiger partial charge in [0.25, 0.3) is 0 Å². The third kappa shape index (κ3) is 14.8. The van der Waals surface area contributed by atoms with Gasteiger partial charge in [0, 0.05) is 14.0 Å². The summed E-state index contributed by atoms with van der Waals surface area (Å²) in [6.45, 7) is 4.93. The van der Waals surface area contributed by atoms with Gasteiger partial charge in [-0.2, -0.15) is 0 Å². The van der Waals surface area contributed by atoms with Crippen LogP contribution in [0, 0.1) is 0 Å². The standard InChI is InChI=1S/C51H87NO36/c1-11-21(57)27(63)32(68)46(74-11)85-41-36(72)49(78-15(5)38(41)83-48-34(70)29(65)25(61)18(9-54)81-48)84-39-20(52-16(6)56)44(79-19(10-55)26(39)62)87-42-30(66)22(58)13(3)76-51(42)88-43-31(67)23(59)12(2)75-50(43)86-40-35(71)45(73-7)77-14(4)37(40)82-47-33(69)28(64)24(60)17(8-53)80-47/h11-15,17-51,53-55,57-72H,8-10H2,1-7H3,(H,52,56)/t11-,12-,13-,14-,15-,17+,18+,19+,20+,21-,22-,23-,24+,25+,26+,27+,28-,29-,30+,31+,32+,33+,34+,35+,36+,37-,38-,39+,40-,41-,42+,43+,44-,45+,46-,47+,48+,49-,50-,51-/m0/s1. The first-order valence-electron chi connectivity index (χ1n) is 28.8. The molecule has 8 heterocycles. The summed E-state index contributed by atoms with van der Waals surface area (Å²) in [4.78, 5) is 13.2. The minimum atomic E-state index is -2.21. The quantitative estimate of drug-likeness (QED) is 0.0571. The van der Waals surface area contributed by atoms with Crippen LogP contribution in [0.3, 0.4) is 0 Å². The molecule has 0 radical (unpaired) electrons. The fourth-order valence-electron chi connectivity index (χ4n) is 11.8. The van der Waals surface area contributed by atoms with E-state index in [0.717, 1.165) is 6.92 Å². The molecule has 8 aliphatic rings. The molecule has 88 heavy (non-hydrogen) atoms. The maximum atomic E-state index is 13.2. The van der Waals surface area contributed by atoms with E-state index >= 15 is 0 Å². The molecule has 0 unspecified atom stereocenters. The Kier molecular flexibility index (Phi) is 24.7. The van der Waals surface area contributed by atoms with Crippen molar-refractivity contribution in [1.82, 2.24) is 5.32 Å². The maximum absolute atomic E-state index is 13.2. The normalized spacial score (nSPS) is 54.0. The van der Waals surface area contributed by atoms with Crippen LogP contribution in [-0.4, -0.2) is 375 Å². The largest absolute Gasteiger partial charge is 0.394 e. The number of ether oxygens (including phenoxy) is 16. The highest BCUT2D eigenvalue weighted by Gasteiger charge is 2.60. The number of methoxy groups -OCH3 is 1. The Labute approximate surface area is 502 Å². The van der Waals surface area contributed by atoms with Gasteiger partial charge >= 0.3 is 0 Å². The highest BCUT2D eigenvalue weighted by molar-refractivity contribution is 5.73. The molecule has 512 valence electrons. The molecule has 37 heteroatoms. The summed E-state index contributed by atoms with van der Waals surface area (Å²) >= 11 is 0. The summed E-state index contributed by atoms with van der Waals surface area (Å²) in [5, 5.41) is 211. The van der Waals surface area contributed by atoms with Crippen molar-refractivity contribution in [3.8, 4) is 0 Å². The van der Waals surface area contributed by atoms with Gasteiger partial charge in [0.05, 0.1) is 50.3 Å². The molecular weight excluding hydrogens is 1200 g/mol. The van der Waals surface area contributed by atoms with E-state index in [1.165, 1.54) is 41.7 Å². The first-order chi connectivity index (χ1) is 41.5. The van der Waals surface area contributed by atoms with Crippen molar-refractivity contribution in [3.05, 3.63) is 0 Å².